The third-order valence-corrected chi connectivity index (χ3v) is 5.63. The van der Waals surface area contributed by atoms with Crippen LogP contribution in [0.25, 0.3) is 0 Å². The molecule has 0 radical (unpaired) electrons. The fourth-order valence-corrected chi connectivity index (χ4v) is 4.28. The number of hydrogen-bond acceptors (Lipinski definition) is 5. The van der Waals surface area contributed by atoms with Crippen LogP contribution in [0.3, 0.4) is 0 Å². The van der Waals surface area contributed by atoms with Gasteiger partial charge in [-0.25, -0.2) is 0 Å². The smallest absolute Gasteiger partial charge is 0.234 e. The second kappa shape index (κ2) is 9.42. The van der Waals surface area contributed by atoms with Crippen molar-refractivity contribution in [2.24, 2.45) is 5.92 Å². The molecule has 0 aromatic carbocycles. The van der Waals surface area contributed by atoms with Crippen LogP contribution < -0.4 is 10.6 Å². The fourth-order valence-electron chi connectivity index (χ4n) is 3.35. The molecule has 0 aliphatic carbocycles. The summed E-state index contributed by atoms with van der Waals surface area (Å²) in [4.78, 5) is 38.1. The molecule has 0 aromatic rings. The molecule has 2 heterocycles. The molecular formula is C17H29N3O3S. The van der Waals surface area contributed by atoms with Crippen LogP contribution in [-0.2, 0) is 14.4 Å². The van der Waals surface area contributed by atoms with Crippen LogP contribution in [0.2, 0.25) is 0 Å². The van der Waals surface area contributed by atoms with E-state index < -0.39 is 0 Å². The molecule has 0 unspecified atom stereocenters. The summed E-state index contributed by atoms with van der Waals surface area (Å²) in [5.41, 5.74) is 0. The minimum absolute atomic E-state index is 0.0467. The number of nitrogens with one attached hydrogen (secondary N) is 2. The summed E-state index contributed by atoms with van der Waals surface area (Å²) in [5, 5.41) is 5.95. The third kappa shape index (κ3) is 5.77. The Morgan fingerprint density at radius 1 is 1.38 bits per heavy atom. The molecule has 2 aliphatic rings. The number of amides is 2. The number of carbonyl (C=O) groups excluding carboxylic acids is 3. The van der Waals surface area contributed by atoms with E-state index in [0.29, 0.717) is 6.54 Å². The maximum Gasteiger partial charge on any atom is 0.234 e. The number of hydrogen-bond donors (Lipinski definition) is 2. The lowest BCUT2D eigenvalue weighted by Crippen LogP contribution is -2.49. The van der Waals surface area contributed by atoms with Crippen LogP contribution in [0.5, 0.6) is 0 Å². The molecule has 0 aromatic heterocycles. The number of thioether (sulfide) groups is 1. The van der Waals surface area contributed by atoms with E-state index in [0.717, 1.165) is 44.4 Å². The number of carbonyl (C=O) groups is 3. The standard InChI is InChI=1S/C17H29N3O3S/c1-3-5-12(2)18-16(22)13-6-4-8-20(10-13)11-15(21)19-14-7-9-24-17(14)23/h12-14H,3-11H2,1-2H3,(H,18,22)(H,19,21)/t12-,13-,14-/m0/s1. The van der Waals surface area contributed by atoms with E-state index in [1.165, 1.54) is 11.8 Å². The van der Waals surface area contributed by atoms with Crippen molar-refractivity contribution in [2.75, 3.05) is 25.4 Å². The summed E-state index contributed by atoms with van der Waals surface area (Å²) in [7, 11) is 0. The monoisotopic (exact) mass is 355 g/mol. The van der Waals surface area contributed by atoms with Gasteiger partial charge in [0.1, 0.15) is 0 Å². The van der Waals surface area contributed by atoms with Gasteiger partial charge >= 0.3 is 0 Å². The van der Waals surface area contributed by atoms with Gasteiger partial charge in [-0.1, -0.05) is 25.1 Å². The number of likely N-dealkylation sites (tertiary alicyclic amines) is 1. The molecule has 0 spiro atoms. The molecule has 0 saturated carbocycles. The molecular weight excluding hydrogens is 326 g/mol. The van der Waals surface area contributed by atoms with Gasteiger partial charge in [0, 0.05) is 18.3 Å². The Kier molecular flexibility index (Phi) is 7.55. The molecule has 2 rings (SSSR count). The van der Waals surface area contributed by atoms with Gasteiger partial charge in [0.2, 0.25) is 16.9 Å². The minimum Gasteiger partial charge on any atom is -0.353 e. The van der Waals surface area contributed by atoms with Crippen LogP contribution in [0.1, 0.15) is 46.0 Å². The molecule has 136 valence electrons. The van der Waals surface area contributed by atoms with Crippen molar-refractivity contribution in [1.82, 2.24) is 15.5 Å². The lowest BCUT2D eigenvalue weighted by Gasteiger charge is -2.32. The number of rotatable bonds is 7. The summed E-state index contributed by atoms with van der Waals surface area (Å²) >= 11 is 1.29. The topological polar surface area (TPSA) is 78.5 Å². The third-order valence-electron chi connectivity index (χ3n) is 4.62. The highest BCUT2D eigenvalue weighted by Crippen LogP contribution is 2.20. The number of piperidine rings is 1. The van der Waals surface area contributed by atoms with Gasteiger partial charge in [0.05, 0.1) is 18.5 Å². The van der Waals surface area contributed by atoms with E-state index in [4.69, 9.17) is 0 Å². The average molecular weight is 356 g/mol. The second-order valence-corrected chi connectivity index (χ2v) is 7.95. The first kappa shape index (κ1) is 19.2. The molecule has 2 saturated heterocycles. The highest BCUT2D eigenvalue weighted by atomic mass is 32.2. The molecule has 0 bridgehead atoms. The summed E-state index contributed by atoms with van der Waals surface area (Å²) < 4.78 is 0. The quantitative estimate of drug-likeness (QED) is 0.716. The molecule has 7 heteroatoms. The first-order valence-electron chi connectivity index (χ1n) is 8.98. The van der Waals surface area contributed by atoms with Crippen molar-refractivity contribution in [3.63, 3.8) is 0 Å². The Morgan fingerprint density at radius 3 is 2.83 bits per heavy atom. The Balaban J connectivity index is 1.76. The summed E-state index contributed by atoms with van der Waals surface area (Å²) in [6.07, 6.45) is 4.55. The van der Waals surface area contributed by atoms with E-state index in [1.54, 1.807) is 0 Å². The predicted molar refractivity (Wildman–Crippen MR) is 95.7 cm³/mol. The maximum atomic E-state index is 12.4. The average Bonchev–Trinajstić information content (AvgIpc) is 2.92. The van der Waals surface area contributed by atoms with Gasteiger partial charge in [0.15, 0.2) is 0 Å². The van der Waals surface area contributed by atoms with Gasteiger partial charge in [-0.2, -0.15) is 0 Å². The predicted octanol–water partition coefficient (Wildman–Crippen LogP) is 1.15. The van der Waals surface area contributed by atoms with E-state index >= 15 is 0 Å². The van der Waals surface area contributed by atoms with Crippen LogP contribution in [-0.4, -0.2) is 59.3 Å². The normalized spacial score (nSPS) is 26.2. The lowest BCUT2D eigenvalue weighted by atomic mass is 9.96. The Labute approximate surface area is 148 Å². The fraction of sp³-hybridized carbons (Fsp3) is 0.824. The SMILES string of the molecule is CCC[C@H](C)NC(=O)[C@H]1CCCN(CC(=O)N[C@H]2CCSC2=O)C1. The molecule has 24 heavy (non-hydrogen) atoms. The lowest BCUT2D eigenvalue weighted by molar-refractivity contribution is -0.130. The Hall–Kier alpha value is -1.08. The Morgan fingerprint density at radius 2 is 2.17 bits per heavy atom. The highest BCUT2D eigenvalue weighted by Gasteiger charge is 2.30. The summed E-state index contributed by atoms with van der Waals surface area (Å²) in [6.45, 7) is 5.85. The summed E-state index contributed by atoms with van der Waals surface area (Å²) in [6, 6.07) is -0.131. The first-order valence-corrected chi connectivity index (χ1v) is 9.97. The zero-order valence-corrected chi connectivity index (χ0v) is 15.5. The van der Waals surface area contributed by atoms with Gasteiger partial charge in [-0.15, -0.1) is 0 Å². The Bertz CT molecular complexity index is 472. The molecule has 3 atom stereocenters. The molecule has 2 aliphatic heterocycles. The summed E-state index contributed by atoms with van der Waals surface area (Å²) in [5.74, 6) is 0.723. The molecule has 2 fully saturated rings. The van der Waals surface area contributed by atoms with Crippen molar-refractivity contribution in [3.05, 3.63) is 0 Å². The molecule has 6 nitrogen and oxygen atoms in total. The largest absolute Gasteiger partial charge is 0.353 e. The van der Waals surface area contributed by atoms with E-state index in [2.05, 4.69) is 17.6 Å². The second-order valence-electron chi connectivity index (χ2n) is 6.85. The van der Waals surface area contributed by atoms with E-state index in [1.807, 2.05) is 11.8 Å². The van der Waals surface area contributed by atoms with Crippen LogP contribution in [0.4, 0.5) is 0 Å². The van der Waals surface area contributed by atoms with Gasteiger partial charge in [0.25, 0.3) is 0 Å². The van der Waals surface area contributed by atoms with Crippen molar-refractivity contribution in [3.8, 4) is 0 Å². The zero-order chi connectivity index (χ0) is 17.5. The van der Waals surface area contributed by atoms with Crippen LogP contribution >= 0.6 is 11.8 Å². The minimum atomic E-state index is -0.332. The number of nitrogens with zero attached hydrogens (tertiary/aromatic N) is 1. The van der Waals surface area contributed by atoms with Gasteiger partial charge < -0.3 is 10.6 Å². The highest BCUT2D eigenvalue weighted by molar-refractivity contribution is 8.14. The first-order chi connectivity index (χ1) is 11.5. The van der Waals surface area contributed by atoms with Crippen LogP contribution in [0.15, 0.2) is 0 Å². The van der Waals surface area contributed by atoms with Gasteiger partial charge in [-0.05, 0) is 39.2 Å². The van der Waals surface area contributed by atoms with E-state index in [9.17, 15) is 14.4 Å². The van der Waals surface area contributed by atoms with Gasteiger partial charge in [-0.3, -0.25) is 19.3 Å². The van der Waals surface area contributed by atoms with E-state index in [-0.39, 0.29) is 41.5 Å². The molecule has 2 amide bonds. The zero-order valence-electron chi connectivity index (χ0n) is 14.7. The van der Waals surface area contributed by atoms with Crippen molar-refractivity contribution < 1.29 is 14.4 Å². The maximum absolute atomic E-state index is 12.4. The van der Waals surface area contributed by atoms with Crippen molar-refractivity contribution in [1.29, 1.82) is 0 Å². The van der Waals surface area contributed by atoms with Crippen LogP contribution in [0, 0.1) is 5.92 Å². The molecule has 2 N–H and O–H groups in total. The van der Waals surface area contributed by atoms with Crippen molar-refractivity contribution in [2.45, 2.75) is 58.0 Å². The van der Waals surface area contributed by atoms with Crippen molar-refractivity contribution >= 4 is 28.7 Å².